The molecule has 0 saturated carbocycles. The van der Waals surface area contributed by atoms with E-state index in [1.54, 1.807) is 0 Å². The third kappa shape index (κ3) is 2.66. The van der Waals surface area contributed by atoms with Crippen LogP contribution in [0.1, 0.15) is 17.2 Å². The molecule has 102 valence electrons. The Labute approximate surface area is 120 Å². The Balaban J connectivity index is 2.04. The standard InChI is InChI=1S/C16H17NO2Si/c1-20(2)18-16(14-11-7-4-8-12-14)15(17-19-20)13-9-5-3-6-10-13/h3-12,16H,1-2H3. The minimum absolute atomic E-state index is 0.158. The number of hydrogen-bond acceptors (Lipinski definition) is 3. The van der Waals surface area contributed by atoms with Gasteiger partial charge >= 0.3 is 8.56 Å². The van der Waals surface area contributed by atoms with Crippen molar-refractivity contribution in [2.24, 2.45) is 5.16 Å². The summed E-state index contributed by atoms with van der Waals surface area (Å²) in [7, 11) is -2.20. The van der Waals surface area contributed by atoms with Gasteiger partial charge in [-0.2, -0.15) is 0 Å². The van der Waals surface area contributed by atoms with Crippen LogP contribution in [0.5, 0.6) is 0 Å². The smallest absolute Gasteiger partial charge is 0.421 e. The van der Waals surface area contributed by atoms with Crippen molar-refractivity contribution in [3.63, 3.8) is 0 Å². The first-order valence-corrected chi connectivity index (χ1v) is 9.52. The van der Waals surface area contributed by atoms with Gasteiger partial charge in [-0.05, 0) is 18.7 Å². The van der Waals surface area contributed by atoms with Crippen molar-refractivity contribution in [3.8, 4) is 0 Å². The average Bonchev–Trinajstić information content (AvgIpc) is 2.48. The van der Waals surface area contributed by atoms with Crippen LogP contribution in [-0.4, -0.2) is 14.3 Å². The summed E-state index contributed by atoms with van der Waals surface area (Å²) in [5.74, 6) is 0. The Morgan fingerprint density at radius 2 is 1.50 bits per heavy atom. The van der Waals surface area contributed by atoms with Crippen molar-refractivity contribution < 1.29 is 8.95 Å². The van der Waals surface area contributed by atoms with Crippen LogP contribution in [0.3, 0.4) is 0 Å². The highest BCUT2D eigenvalue weighted by atomic mass is 28.4. The molecule has 0 radical (unpaired) electrons. The molecule has 0 saturated heterocycles. The minimum Gasteiger partial charge on any atom is -0.421 e. The van der Waals surface area contributed by atoms with E-state index < -0.39 is 8.56 Å². The summed E-state index contributed by atoms with van der Waals surface area (Å²) in [5, 5.41) is 4.36. The lowest BCUT2D eigenvalue weighted by molar-refractivity contribution is 0.135. The lowest BCUT2D eigenvalue weighted by atomic mass is 9.99. The summed E-state index contributed by atoms with van der Waals surface area (Å²) in [6.45, 7) is 4.02. The topological polar surface area (TPSA) is 30.8 Å². The molecule has 1 aliphatic rings. The van der Waals surface area contributed by atoms with E-state index in [2.05, 4.69) is 17.3 Å². The van der Waals surface area contributed by atoms with E-state index in [0.29, 0.717) is 0 Å². The number of benzene rings is 2. The van der Waals surface area contributed by atoms with Crippen LogP contribution in [-0.2, 0) is 8.95 Å². The Bertz CT molecular complexity index is 611. The maximum atomic E-state index is 6.21. The van der Waals surface area contributed by atoms with E-state index >= 15 is 0 Å². The van der Waals surface area contributed by atoms with Crippen molar-refractivity contribution >= 4 is 14.3 Å². The third-order valence-corrected chi connectivity index (χ3v) is 4.52. The van der Waals surface area contributed by atoms with Crippen molar-refractivity contribution in [1.82, 2.24) is 0 Å². The molecule has 0 aromatic heterocycles. The molecule has 0 amide bonds. The monoisotopic (exact) mass is 283 g/mol. The van der Waals surface area contributed by atoms with Crippen molar-refractivity contribution in [2.45, 2.75) is 19.2 Å². The van der Waals surface area contributed by atoms with Gasteiger partial charge in [0.2, 0.25) is 0 Å². The van der Waals surface area contributed by atoms with Crippen LogP contribution in [0.15, 0.2) is 65.8 Å². The van der Waals surface area contributed by atoms with E-state index in [9.17, 15) is 0 Å². The fourth-order valence-electron chi connectivity index (χ4n) is 2.23. The van der Waals surface area contributed by atoms with E-state index in [4.69, 9.17) is 8.95 Å². The zero-order valence-corrected chi connectivity index (χ0v) is 12.6. The maximum absolute atomic E-state index is 6.21. The highest BCUT2D eigenvalue weighted by Gasteiger charge is 2.38. The summed E-state index contributed by atoms with van der Waals surface area (Å²) >= 11 is 0. The minimum atomic E-state index is -2.20. The first-order valence-electron chi connectivity index (χ1n) is 6.70. The fourth-order valence-corrected chi connectivity index (χ4v) is 3.41. The van der Waals surface area contributed by atoms with E-state index in [1.165, 1.54) is 0 Å². The molecule has 3 nitrogen and oxygen atoms in total. The van der Waals surface area contributed by atoms with Gasteiger partial charge in [-0.15, -0.1) is 0 Å². The van der Waals surface area contributed by atoms with Gasteiger partial charge in [0, 0.05) is 5.56 Å². The summed E-state index contributed by atoms with van der Waals surface area (Å²) in [4.78, 5) is 0. The Hall–Kier alpha value is -1.91. The molecule has 4 heteroatoms. The Kier molecular flexibility index (Phi) is 3.42. The fraction of sp³-hybridized carbons (Fsp3) is 0.188. The summed E-state index contributed by atoms with van der Waals surface area (Å²) in [6.07, 6.45) is -0.158. The van der Waals surface area contributed by atoms with Gasteiger partial charge in [0.15, 0.2) is 0 Å². The highest BCUT2D eigenvalue weighted by Crippen LogP contribution is 2.31. The van der Waals surface area contributed by atoms with Crippen LogP contribution in [0.2, 0.25) is 13.1 Å². The molecule has 0 fully saturated rings. The molecule has 1 aliphatic heterocycles. The summed E-state index contributed by atoms with van der Waals surface area (Å²) in [5.41, 5.74) is 2.98. The molecule has 2 aromatic carbocycles. The predicted molar refractivity (Wildman–Crippen MR) is 81.8 cm³/mol. The Morgan fingerprint density at radius 3 is 2.15 bits per heavy atom. The molecule has 2 aromatic rings. The van der Waals surface area contributed by atoms with Gasteiger partial charge in [0.1, 0.15) is 11.8 Å². The maximum Gasteiger partial charge on any atom is 0.421 e. The number of nitrogens with zero attached hydrogens (tertiary/aromatic N) is 1. The van der Waals surface area contributed by atoms with Crippen molar-refractivity contribution in [3.05, 3.63) is 71.8 Å². The van der Waals surface area contributed by atoms with E-state index in [0.717, 1.165) is 16.8 Å². The van der Waals surface area contributed by atoms with Crippen LogP contribution in [0, 0.1) is 0 Å². The number of oxime groups is 1. The highest BCUT2D eigenvalue weighted by molar-refractivity contribution is 6.65. The van der Waals surface area contributed by atoms with Gasteiger partial charge in [-0.3, -0.25) is 0 Å². The second kappa shape index (κ2) is 5.23. The van der Waals surface area contributed by atoms with Crippen LogP contribution < -0.4 is 0 Å². The van der Waals surface area contributed by atoms with E-state index in [-0.39, 0.29) is 6.10 Å². The summed E-state index contributed by atoms with van der Waals surface area (Å²) in [6, 6.07) is 20.2. The van der Waals surface area contributed by atoms with Gasteiger partial charge in [-0.1, -0.05) is 65.8 Å². The molecule has 0 spiro atoms. The molecule has 3 rings (SSSR count). The molecule has 0 aliphatic carbocycles. The van der Waals surface area contributed by atoms with Gasteiger partial charge < -0.3 is 8.95 Å². The SMILES string of the molecule is C[Si]1(C)ON=C(c2ccccc2)C(c2ccccc2)O1. The molecule has 0 N–H and O–H groups in total. The molecular formula is C16H17NO2Si. The molecule has 1 unspecified atom stereocenters. The first kappa shape index (κ1) is 13.1. The van der Waals surface area contributed by atoms with Crippen LogP contribution in [0.25, 0.3) is 0 Å². The molecule has 1 heterocycles. The van der Waals surface area contributed by atoms with Crippen LogP contribution in [0.4, 0.5) is 0 Å². The average molecular weight is 283 g/mol. The molecule has 0 bridgehead atoms. The lowest BCUT2D eigenvalue weighted by Crippen LogP contribution is -2.41. The van der Waals surface area contributed by atoms with Gasteiger partial charge in [0.25, 0.3) is 0 Å². The third-order valence-electron chi connectivity index (χ3n) is 3.19. The zero-order chi connectivity index (χ0) is 14.0. The zero-order valence-electron chi connectivity index (χ0n) is 11.6. The second-order valence-corrected chi connectivity index (χ2v) is 8.46. The van der Waals surface area contributed by atoms with Crippen molar-refractivity contribution in [2.75, 3.05) is 0 Å². The first-order chi connectivity index (χ1) is 9.66. The predicted octanol–water partition coefficient (Wildman–Crippen LogP) is 3.88. The van der Waals surface area contributed by atoms with Crippen LogP contribution >= 0.6 is 0 Å². The van der Waals surface area contributed by atoms with Crippen molar-refractivity contribution in [1.29, 1.82) is 0 Å². The second-order valence-electron chi connectivity index (χ2n) is 5.24. The van der Waals surface area contributed by atoms with Gasteiger partial charge in [0.05, 0.1) is 0 Å². The van der Waals surface area contributed by atoms with E-state index in [1.807, 2.05) is 61.6 Å². The molecule has 1 atom stereocenters. The normalized spacial score (nSPS) is 20.9. The van der Waals surface area contributed by atoms with Gasteiger partial charge in [-0.25, -0.2) is 0 Å². The molecule has 20 heavy (non-hydrogen) atoms. The largest absolute Gasteiger partial charge is 0.421 e. The number of rotatable bonds is 2. The lowest BCUT2D eigenvalue weighted by Gasteiger charge is -2.32. The molecular weight excluding hydrogens is 266 g/mol. The Morgan fingerprint density at radius 1 is 0.900 bits per heavy atom. The summed E-state index contributed by atoms with van der Waals surface area (Å²) < 4.78 is 11.8. The number of hydrogen-bond donors (Lipinski definition) is 0. The quantitative estimate of drug-likeness (QED) is 0.783.